The molecule has 0 aliphatic carbocycles. The first-order valence-electron chi connectivity index (χ1n) is 10.5. The minimum Gasteiger partial charge on any atom is -0.447 e. The third-order valence-electron chi connectivity index (χ3n) is 5.67. The SMILES string of the molecule is CC(C)OC(=O)N1CCc2ccc(-c3cc(N4CCN(C)CC4)nc(N)n3)cc2C1. The summed E-state index contributed by atoms with van der Waals surface area (Å²) in [5.41, 5.74) is 10.2. The van der Waals surface area contributed by atoms with Crippen molar-refractivity contribution in [3.63, 3.8) is 0 Å². The summed E-state index contributed by atoms with van der Waals surface area (Å²) >= 11 is 0. The van der Waals surface area contributed by atoms with Crippen LogP contribution in [0, 0.1) is 0 Å². The first-order valence-corrected chi connectivity index (χ1v) is 10.5. The molecule has 0 unspecified atom stereocenters. The largest absolute Gasteiger partial charge is 0.447 e. The van der Waals surface area contributed by atoms with Crippen LogP contribution < -0.4 is 10.6 Å². The van der Waals surface area contributed by atoms with Gasteiger partial charge in [-0.05, 0) is 44.5 Å². The number of piperazine rings is 1. The second-order valence-electron chi connectivity index (χ2n) is 8.35. The van der Waals surface area contributed by atoms with Crippen LogP contribution in [0.2, 0.25) is 0 Å². The van der Waals surface area contributed by atoms with E-state index >= 15 is 0 Å². The Hall–Kier alpha value is -2.87. The van der Waals surface area contributed by atoms with Crippen LogP contribution in [0.25, 0.3) is 11.3 Å². The zero-order valence-electron chi connectivity index (χ0n) is 18.0. The molecule has 2 N–H and O–H groups in total. The molecule has 1 aromatic heterocycles. The maximum absolute atomic E-state index is 12.3. The number of fused-ring (bicyclic) bond motifs is 1. The van der Waals surface area contributed by atoms with Crippen molar-refractivity contribution in [1.29, 1.82) is 0 Å². The van der Waals surface area contributed by atoms with Gasteiger partial charge in [0.15, 0.2) is 0 Å². The van der Waals surface area contributed by atoms with Gasteiger partial charge in [0.1, 0.15) is 5.82 Å². The third-order valence-corrected chi connectivity index (χ3v) is 5.67. The van der Waals surface area contributed by atoms with Gasteiger partial charge in [-0.1, -0.05) is 12.1 Å². The number of nitrogens with zero attached hydrogens (tertiary/aromatic N) is 5. The monoisotopic (exact) mass is 410 g/mol. The average Bonchev–Trinajstić information content (AvgIpc) is 2.72. The second-order valence-corrected chi connectivity index (χ2v) is 8.35. The number of hydrogen-bond acceptors (Lipinski definition) is 7. The Kier molecular flexibility index (Phi) is 5.76. The summed E-state index contributed by atoms with van der Waals surface area (Å²) in [4.78, 5) is 27.6. The topological polar surface area (TPSA) is 87.8 Å². The van der Waals surface area contributed by atoms with Crippen LogP contribution in [-0.2, 0) is 17.7 Å². The Morgan fingerprint density at radius 2 is 1.83 bits per heavy atom. The van der Waals surface area contributed by atoms with Crippen LogP contribution in [0.3, 0.4) is 0 Å². The minimum atomic E-state index is -0.260. The molecule has 2 aromatic rings. The molecule has 1 fully saturated rings. The molecule has 4 rings (SSSR count). The molecule has 2 aliphatic rings. The molecule has 1 aromatic carbocycles. The van der Waals surface area contributed by atoms with Gasteiger partial charge in [0.2, 0.25) is 5.95 Å². The Bertz CT molecular complexity index is 924. The number of amides is 1. The first kappa shape index (κ1) is 20.4. The number of carbonyl (C=O) groups is 1. The van der Waals surface area contributed by atoms with Gasteiger partial charge in [-0.25, -0.2) is 9.78 Å². The number of anilines is 2. The Morgan fingerprint density at radius 3 is 2.57 bits per heavy atom. The van der Waals surface area contributed by atoms with Crippen LogP contribution >= 0.6 is 0 Å². The number of nitrogens with two attached hydrogens (primary N) is 1. The number of ether oxygens (including phenoxy) is 1. The molecule has 0 spiro atoms. The minimum absolute atomic E-state index is 0.123. The van der Waals surface area contributed by atoms with Crippen molar-refractivity contribution in [3.05, 3.63) is 35.4 Å². The molecule has 0 radical (unpaired) electrons. The smallest absolute Gasteiger partial charge is 0.410 e. The van der Waals surface area contributed by atoms with E-state index < -0.39 is 0 Å². The van der Waals surface area contributed by atoms with Crippen molar-refractivity contribution in [1.82, 2.24) is 19.8 Å². The summed E-state index contributed by atoms with van der Waals surface area (Å²) in [5.74, 6) is 1.15. The van der Waals surface area contributed by atoms with E-state index in [9.17, 15) is 4.79 Å². The average molecular weight is 411 g/mol. The standard InChI is InChI=1S/C22H30N6O2/c1-15(2)30-22(29)28-7-6-16-4-5-17(12-18(16)14-28)19-13-20(25-21(23)24-19)27-10-8-26(3)9-11-27/h4-5,12-13,15H,6-11,14H2,1-3H3,(H2,23,24,25). The molecule has 8 nitrogen and oxygen atoms in total. The highest BCUT2D eigenvalue weighted by Crippen LogP contribution is 2.28. The molecule has 0 atom stereocenters. The van der Waals surface area contributed by atoms with E-state index in [1.807, 2.05) is 19.9 Å². The van der Waals surface area contributed by atoms with Gasteiger partial charge < -0.3 is 25.2 Å². The molecule has 160 valence electrons. The molecular weight excluding hydrogens is 380 g/mol. The molecule has 1 saturated heterocycles. The normalized spacial score (nSPS) is 17.2. The van der Waals surface area contributed by atoms with E-state index in [0.717, 1.165) is 55.2 Å². The molecule has 3 heterocycles. The lowest BCUT2D eigenvalue weighted by atomic mass is 9.96. The first-order chi connectivity index (χ1) is 14.4. The lowest BCUT2D eigenvalue weighted by Crippen LogP contribution is -2.44. The van der Waals surface area contributed by atoms with E-state index in [1.54, 1.807) is 4.90 Å². The fourth-order valence-electron chi connectivity index (χ4n) is 3.95. The molecule has 0 bridgehead atoms. The van der Waals surface area contributed by atoms with Gasteiger partial charge in [-0.15, -0.1) is 0 Å². The van der Waals surface area contributed by atoms with E-state index in [4.69, 9.17) is 10.5 Å². The summed E-state index contributed by atoms with van der Waals surface area (Å²) in [6, 6.07) is 8.33. The van der Waals surface area contributed by atoms with Crippen molar-refractivity contribution in [2.45, 2.75) is 32.9 Å². The summed E-state index contributed by atoms with van der Waals surface area (Å²) in [5, 5.41) is 0. The van der Waals surface area contributed by atoms with Crippen molar-refractivity contribution in [2.24, 2.45) is 0 Å². The van der Waals surface area contributed by atoms with Crippen LogP contribution in [0.15, 0.2) is 24.3 Å². The number of hydrogen-bond donors (Lipinski definition) is 1. The summed E-state index contributed by atoms with van der Waals surface area (Å²) in [7, 11) is 2.13. The van der Waals surface area contributed by atoms with E-state index in [-0.39, 0.29) is 18.1 Å². The zero-order chi connectivity index (χ0) is 21.3. The molecule has 8 heteroatoms. The van der Waals surface area contributed by atoms with Crippen LogP contribution in [-0.4, -0.2) is 71.7 Å². The number of benzene rings is 1. The molecule has 30 heavy (non-hydrogen) atoms. The highest BCUT2D eigenvalue weighted by Gasteiger charge is 2.23. The number of rotatable bonds is 3. The van der Waals surface area contributed by atoms with Gasteiger partial charge in [-0.2, -0.15) is 4.98 Å². The van der Waals surface area contributed by atoms with E-state index in [0.29, 0.717) is 13.1 Å². The van der Waals surface area contributed by atoms with Crippen LogP contribution in [0.4, 0.5) is 16.6 Å². The summed E-state index contributed by atoms with van der Waals surface area (Å²) < 4.78 is 5.37. The predicted molar refractivity (Wildman–Crippen MR) is 117 cm³/mol. The quantitative estimate of drug-likeness (QED) is 0.831. The van der Waals surface area contributed by atoms with Gasteiger partial charge in [0.05, 0.1) is 11.8 Å². The van der Waals surface area contributed by atoms with Crippen LogP contribution in [0.1, 0.15) is 25.0 Å². The number of likely N-dealkylation sites (N-methyl/N-ethyl adjacent to an activating group) is 1. The molecule has 1 amide bonds. The van der Waals surface area contributed by atoms with Gasteiger partial charge in [0.25, 0.3) is 0 Å². The Balaban J connectivity index is 1.57. The highest BCUT2D eigenvalue weighted by atomic mass is 16.6. The van der Waals surface area contributed by atoms with Crippen molar-refractivity contribution in [2.75, 3.05) is 50.4 Å². The van der Waals surface area contributed by atoms with Crippen molar-refractivity contribution in [3.8, 4) is 11.3 Å². The summed E-state index contributed by atoms with van der Waals surface area (Å²) in [6.45, 7) is 8.79. The van der Waals surface area contributed by atoms with E-state index in [1.165, 1.54) is 5.56 Å². The van der Waals surface area contributed by atoms with E-state index in [2.05, 4.69) is 45.0 Å². The van der Waals surface area contributed by atoms with Crippen molar-refractivity contribution < 1.29 is 9.53 Å². The maximum atomic E-state index is 12.3. The molecule has 2 aliphatic heterocycles. The number of nitrogen functional groups attached to an aromatic ring is 1. The molecule has 0 saturated carbocycles. The Morgan fingerprint density at radius 1 is 1.07 bits per heavy atom. The lowest BCUT2D eigenvalue weighted by Gasteiger charge is -2.33. The summed E-state index contributed by atoms with van der Waals surface area (Å²) in [6.07, 6.45) is 0.438. The molecular formula is C22H30N6O2. The van der Waals surface area contributed by atoms with Gasteiger partial charge >= 0.3 is 6.09 Å². The highest BCUT2D eigenvalue weighted by molar-refractivity contribution is 5.70. The third kappa shape index (κ3) is 4.48. The Labute approximate surface area is 177 Å². The number of aromatic nitrogens is 2. The lowest BCUT2D eigenvalue weighted by molar-refractivity contribution is 0.0730. The second kappa shape index (κ2) is 8.47. The predicted octanol–water partition coefficient (Wildman–Crippen LogP) is 2.38. The fourth-order valence-corrected chi connectivity index (χ4v) is 3.95. The van der Waals surface area contributed by atoms with Gasteiger partial charge in [-0.3, -0.25) is 0 Å². The van der Waals surface area contributed by atoms with Gasteiger partial charge in [0, 0.05) is 50.9 Å². The fraction of sp³-hybridized carbons (Fsp3) is 0.500. The van der Waals surface area contributed by atoms with Crippen molar-refractivity contribution >= 4 is 17.9 Å². The maximum Gasteiger partial charge on any atom is 0.410 e. The van der Waals surface area contributed by atoms with Crippen LogP contribution in [0.5, 0.6) is 0 Å². The zero-order valence-corrected chi connectivity index (χ0v) is 18.0. The number of carbonyl (C=O) groups excluding carboxylic acids is 1.